The minimum atomic E-state index is -1.00. The fourth-order valence-corrected chi connectivity index (χ4v) is 8.01. The van der Waals surface area contributed by atoms with Gasteiger partial charge >= 0.3 is 5.97 Å². The molecule has 0 spiro atoms. The average Bonchev–Trinajstić information content (AvgIpc) is 3.32. The summed E-state index contributed by atoms with van der Waals surface area (Å²) in [5.41, 5.74) is 9.38. The Hall–Kier alpha value is -6.94. The molecule has 1 amide bonds. The second kappa shape index (κ2) is 24.0. The first-order valence-corrected chi connectivity index (χ1v) is 23.2. The molecule has 0 saturated carbocycles. The van der Waals surface area contributed by atoms with Crippen LogP contribution in [-0.4, -0.2) is 42.6 Å². The van der Waals surface area contributed by atoms with Gasteiger partial charge in [-0.05, 0) is 130 Å². The molecule has 1 saturated heterocycles. The maximum Gasteiger partial charge on any atom is 0.337 e. The van der Waals surface area contributed by atoms with Crippen molar-refractivity contribution >= 4 is 71.2 Å². The molecule has 1 fully saturated rings. The molecule has 7 aromatic rings. The van der Waals surface area contributed by atoms with E-state index >= 15 is 0 Å². The zero-order chi connectivity index (χ0) is 47.9. The summed E-state index contributed by atoms with van der Waals surface area (Å²) in [5.74, 6) is 8.69. The van der Waals surface area contributed by atoms with E-state index in [1.54, 1.807) is 47.0 Å². The Bertz CT molecular complexity index is 3160. The third-order valence-corrected chi connectivity index (χ3v) is 11.6. The lowest BCUT2D eigenvalue weighted by molar-refractivity contribution is -0.122. The number of nitrogens with zero attached hydrogens (tertiary/aromatic N) is 4. The standard InChI is InChI=1S/C20H15FN2O.C12H11BrN2O.C8H5F.C7H6BrNO2.C5H9NO/c21-16-5-3-4-14(12-16)7-8-15-9-10-17-18(13-15)22-19-6-1-2-11-23(19)20(17)24;13-8-4-5-9-10(7-8)14-11-3-1-2-6-15(11)12(9)16;1-2-7-4-3-5-8(9)6-7;8-4-1-2-5(7(10)11)6(9)3-4;7-5-3-1-2-4-6-5/h3-5,9-10,12-13H,1-2,6,11H2;4-5,7H,1-3,6H2;1,3-6H;1-3H,9H2,(H,10,11);1-4H2,(H,6,7). The SMILES string of the molecule is C#Cc1cccc(F)c1.Nc1cc(Br)ccc1C(=O)O.O=C1CCCCN1.O=c1c2ccc(Br)cc2nc2n1CCCC2.O=c1c2ccc(C#Cc3cccc(F)c3)cc2nc2n1CCCC2. The number of amides is 1. The van der Waals surface area contributed by atoms with Gasteiger partial charge < -0.3 is 16.2 Å². The van der Waals surface area contributed by atoms with Crippen molar-refractivity contribution in [2.24, 2.45) is 0 Å². The van der Waals surface area contributed by atoms with Gasteiger partial charge in [-0.15, -0.1) is 6.42 Å². The lowest BCUT2D eigenvalue weighted by atomic mass is 10.1. The monoisotopic (exact) mass is 1030 g/mol. The molecule has 0 radical (unpaired) electrons. The first kappa shape index (κ1) is 49.5. The van der Waals surface area contributed by atoms with Gasteiger partial charge in [0, 0.05) is 70.2 Å². The lowest BCUT2D eigenvalue weighted by Crippen LogP contribution is -2.28. The van der Waals surface area contributed by atoms with Crippen molar-refractivity contribution in [2.75, 3.05) is 12.3 Å². The van der Waals surface area contributed by atoms with E-state index in [0.717, 1.165) is 109 Å². The lowest BCUT2D eigenvalue weighted by Gasteiger charge is -2.17. The highest BCUT2D eigenvalue weighted by molar-refractivity contribution is 9.10. The van der Waals surface area contributed by atoms with Crippen molar-refractivity contribution in [2.45, 2.75) is 70.9 Å². The average molecular weight is 1030 g/mol. The summed E-state index contributed by atoms with van der Waals surface area (Å²) < 4.78 is 30.8. The molecule has 3 aliphatic heterocycles. The fraction of sp³-hybridized carbons (Fsp3) is 0.231. The van der Waals surface area contributed by atoms with Gasteiger partial charge in [-0.2, -0.15) is 0 Å². The summed E-state index contributed by atoms with van der Waals surface area (Å²) in [5, 5.41) is 12.6. The molecular weight excluding hydrogens is 986 g/mol. The Morgan fingerprint density at radius 1 is 0.657 bits per heavy atom. The van der Waals surface area contributed by atoms with Gasteiger partial charge in [0.25, 0.3) is 11.1 Å². The number of hydrogen-bond acceptors (Lipinski definition) is 7. The number of nitrogens with one attached hydrogen (secondary N) is 1. The highest BCUT2D eigenvalue weighted by Crippen LogP contribution is 2.20. The van der Waals surface area contributed by atoms with Crippen molar-refractivity contribution in [1.29, 1.82) is 0 Å². The number of carbonyl (C=O) groups excluding carboxylic acids is 1. The normalized spacial score (nSPS) is 13.3. The molecule has 0 atom stereocenters. The van der Waals surface area contributed by atoms with Crippen LogP contribution in [0, 0.1) is 35.8 Å². The van der Waals surface area contributed by atoms with Crippen molar-refractivity contribution in [3.8, 4) is 24.2 Å². The quantitative estimate of drug-likeness (QED) is 0.108. The summed E-state index contributed by atoms with van der Waals surface area (Å²) in [6.07, 6.45) is 14.0. The molecule has 5 aromatic carbocycles. The highest BCUT2D eigenvalue weighted by atomic mass is 79.9. The van der Waals surface area contributed by atoms with Gasteiger partial charge in [-0.25, -0.2) is 23.5 Å². The Morgan fingerprint density at radius 3 is 1.69 bits per heavy atom. The molecule has 4 N–H and O–H groups in total. The maximum absolute atomic E-state index is 13.2. The number of benzene rings is 5. The molecule has 10 rings (SSSR count). The maximum atomic E-state index is 13.2. The Morgan fingerprint density at radius 2 is 1.18 bits per heavy atom. The Kier molecular flexibility index (Phi) is 17.7. The summed E-state index contributed by atoms with van der Waals surface area (Å²) in [6.45, 7) is 2.45. The van der Waals surface area contributed by atoms with Crippen molar-refractivity contribution in [3.63, 3.8) is 0 Å². The number of fused-ring (bicyclic) bond motifs is 4. The third-order valence-electron chi connectivity index (χ3n) is 10.7. The van der Waals surface area contributed by atoms with Crippen LogP contribution in [0.1, 0.15) is 83.6 Å². The van der Waals surface area contributed by atoms with Crippen LogP contribution in [0.25, 0.3) is 21.8 Å². The number of anilines is 1. The van der Waals surface area contributed by atoms with Crippen LogP contribution in [0.5, 0.6) is 0 Å². The summed E-state index contributed by atoms with van der Waals surface area (Å²) in [6, 6.07) is 27.9. The summed E-state index contributed by atoms with van der Waals surface area (Å²) in [4.78, 5) is 54.7. The van der Waals surface area contributed by atoms with E-state index in [9.17, 15) is 28.0 Å². The highest BCUT2D eigenvalue weighted by Gasteiger charge is 2.16. The van der Waals surface area contributed by atoms with Crippen LogP contribution < -0.4 is 22.2 Å². The number of rotatable bonds is 1. The first-order chi connectivity index (χ1) is 32.3. The number of carboxylic acids is 1. The zero-order valence-electron chi connectivity index (χ0n) is 36.3. The van der Waals surface area contributed by atoms with E-state index in [-0.39, 0.29) is 39.9 Å². The molecule has 5 heterocycles. The Labute approximate surface area is 402 Å². The molecule has 342 valence electrons. The van der Waals surface area contributed by atoms with Crippen molar-refractivity contribution < 1.29 is 23.5 Å². The number of terminal acetylenes is 1. The topological polar surface area (TPSA) is 162 Å². The van der Waals surface area contributed by atoms with Crippen LogP contribution in [0.4, 0.5) is 14.5 Å². The number of aromatic carboxylic acids is 1. The van der Waals surface area contributed by atoms with E-state index in [1.807, 2.05) is 34.9 Å². The fourth-order valence-electron chi connectivity index (χ4n) is 7.28. The first-order valence-electron chi connectivity index (χ1n) is 21.6. The van der Waals surface area contributed by atoms with Crippen LogP contribution in [0.3, 0.4) is 0 Å². The van der Waals surface area contributed by atoms with E-state index < -0.39 is 5.97 Å². The number of hydrogen-bond donors (Lipinski definition) is 3. The number of halogens is 4. The van der Waals surface area contributed by atoms with Gasteiger partial charge in [0.05, 0.1) is 27.4 Å². The molecule has 11 nitrogen and oxygen atoms in total. The van der Waals surface area contributed by atoms with Crippen LogP contribution >= 0.6 is 31.9 Å². The van der Waals surface area contributed by atoms with Crippen molar-refractivity contribution in [3.05, 3.63) is 178 Å². The summed E-state index contributed by atoms with van der Waals surface area (Å²) >= 11 is 6.58. The van der Waals surface area contributed by atoms with Crippen molar-refractivity contribution in [1.82, 2.24) is 24.4 Å². The molecule has 0 bridgehead atoms. The largest absolute Gasteiger partial charge is 0.478 e. The Balaban J connectivity index is 0.000000149. The molecule has 0 aliphatic carbocycles. The third kappa shape index (κ3) is 14.0. The number of nitrogens with two attached hydrogens (primary N) is 1. The molecule has 15 heteroatoms. The molecule has 3 aliphatic rings. The smallest absolute Gasteiger partial charge is 0.337 e. The van der Waals surface area contributed by atoms with Gasteiger partial charge in [0.2, 0.25) is 5.91 Å². The van der Waals surface area contributed by atoms with Gasteiger partial charge in [-0.1, -0.05) is 61.8 Å². The van der Waals surface area contributed by atoms with E-state index in [1.165, 1.54) is 30.3 Å². The number of piperidine rings is 1. The van der Waals surface area contributed by atoms with Crippen LogP contribution in [0.15, 0.2) is 122 Å². The van der Waals surface area contributed by atoms with E-state index in [4.69, 9.17) is 17.3 Å². The number of carboxylic acid groups (broad SMARTS) is 1. The van der Waals surface area contributed by atoms with E-state index in [0.29, 0.717) is 27.4 Å². The molecule has 2 aromatic heterocycles. The number of carbonyl (C=O) groups is 2. The second-order valence-corrected chi connectivity index (χ2v) is 17.4. The van der Waals surface area contributed by atoms with E-state index in [2.05, 4.69) is 64.9 Å². The van der Waals surface area contributed by atoms with Gasteiger partial charge in [0.15, 0.2) is 0 Å². The molecule has 0 unspecified atom stereocenters. The predicted octanol–water partition coefficient (Wildman–Crippen LogP) is 9.59. The summed E-state index contributed by atoms with van der Waals surface area (Å²) in [7, 11) is 0. The van der Waals surface area contributed by atoms with Gasteiger partial charge in [0.1, 0.15) is 23.3 Å². The zero-order valence-corrected chi connectivity index (χ0v) is 39.5. The minimum Gasteiger partial charge on any atom is -0.478 e. The number of aromatic nitrogens is 4. The number of nitrogen functional groups attached to an aromatic ring is 1. The second-order valence-electron chi connectivity index (χ2n) is 15.5. The van der Waals surface area contributed by atoms with Crippen LogP contribution in [0.2, 0.25) is 0 Å². The minimum absolute atomic E-state index is 0.0272. The van der Waals surface area contributed by atoms with Gasteiger partial charge in [-0.3, -0.25) is 23.5 Å². The molecular formula is C52H46Br2F2N6O5. The van der Waals surface area contributed by atoms with Crippen LogP contribution in [-0.2, 0) is 30.7 Å². The molecule has 67 heavy (non-hydrogen) atoms. The number of aryl methyl sites for hydroxylation is 2. The predicted molar refractivity (Wildman–Crippen MR) is 265 cm³/mol.